The van der Waals surface area contributed by atoms with E-state index in [4.69, 9.17) is 0 Å². The second-order valence-corrected chi connectivity index (χ2v) is 6.50. The highest BCUT2D eigenvalue weighted by molar-refractivity contribution is 5.68. The number of hydrogen-bond donors (Lipinski definition) is 1. The number of rotatable bonds is 2. The van der Waals surface area contributed by atoms with Crippen molar-refractivity contribution in [3.05, 3.63) is 29.8 Å². The van der Waals surface area contributed by atoms with E-state index in [1.165, 1.54) is 51.2 Å². The summed E-state index contributed by atoms with van der Waals surface area (Å²) in [5.74, 6) is 0.271. The number of aromatic hydroxyl groups is 1. The van der Waals surface area contributed by atoms with Crippen LogP contribution >= 0.6 is 0 Å². The maximum absolute atomic E-state index is 11.9. The second-order valence-electron chi connectivity index (χ2n) is 6.50. The fourth-order valence-electron chi connectivity index (χ4n) is 3.51. The predicted octanol–water partition coefficient (Wildman–Crippen LogP) is 5.13. The van der Waals surface area contributed by atoms with Crippen LogP contribution in [0.25, 0.3) is 0 Å². The molecule has 1 saturated carbocycles. The van der Waals surface area contributed by atoms with E-state index in [9.17, 15) is 9.90 Å². The lowest BCUT2D eigenvalue weighted by atomic mass is 9.73. The van der Waals surface area contributed by atoms with Gasteiger partial charge in [-0.25, -0.2) is 0 Å². The summed E-state index contributed by atoms with van der Waals surface area (Å²) in [5.41, 5.74) is 0.736. The molecule has 21 heavy (non-hydrogen) atoms. The second kappa shape index (κ2) is 8.21. The quantitative estimate of drug-likeness (QED) is 0.766. The highest BCUT2D eigenvalue weighted by Gasteiger charge is 2.31. The van der Waals surface area contributed by atoms with E-state index in [-0.39, 0.29) is 11.2 Å². The van der Waals surface area contributed by atoms with Gasteiger partial charge in [-0.3, -0.25) is 0 Å². The third-order valence-corrected chi connectivity index (χ3v) is 4.91. The summed E-state index contributed by atoms with van der Waals surface area (Å²) in [6.45, 7) is 0. The van der Waals surface area contributed by atoms with Crippen LogP contribution in [0.1, 0.15) is 76.2 Å². The van der Waals surface area contributed by atoms with E-state index in [2.05, 4.69) is 0 Å². The first kappa shape index (κ1) is 16.1. The number of hydrogen-bond acceptors (Lipinski definition) is 2. The van der Waals surface area contributed by atoms with Crippen molar-refractivity contribution in [1.82, 2.24) is 0 Å². The van der Waals surface area contributed by atoms with Gasteiger partial charge in [-0.1, -0.05) is 69.9 Å². The molecule has 2 nitrogen and oxygen atoms in total. The monoisotopic (exact) mass is 288 g/mol. The van der Waals surface area contributed by atoms with Crippen molar-refractivity contribution in [1.29, 1.82) is 0 Å². The largest absolute Gasteiger partial charge is 0.508 e. The van der Waals surface area contributed by atoms with Crippen LogP contribution in [-0.2, 0) is 10.2 Å². The van der Waals surface area contributed by atoms with Crippen molar-refractivity contribution in [3.63, 3.8) is 0 Å². The lowest BCUT2D eigenvalue weighted by molar-refractivity contribution is -0.113. The average molecular weight is 288 g/mol. The third kappa shape index (κ3) is 4.59. The molecule has 0 saturated heterocycles. The number of benzene rings is 1. The Kier molecular flexibility index (Phi) is 6.28. The van der Waals surface area contributed by atoms with Crippen LogP contribution in [0.5, 0.6) is 5.75 Å². The van der Waals surface area contributed by atoms with Crippen molar-refractivity contribution >= 4 is 6.29 Å². The van der Waals surface area contributed by atoms with Gasteiger partial charge in [0.05, 0.1) is 5.41 Å². The summed E-state index contributed by atoms with van der Waals surface area (Å²) < 4.78 is 0. The smallest absolute Gasteiger partial charge is 0.130 e. The summed E-state index contributed by atoms with van der Waals surface area (Å²) in [5, 5.41) is 9.47. The zero-order chi connectivity index (χ0) is 15.0. The van der Waals surface area contributed by atoms with E-state index in [0.29, 0.717) is 0 Å². The van der Waals surface area contributed by atoms with Crippen LogP contribution in [0.2, 0.25) is 0 Å². The van der Waals surface area contributed by atoms with Crippen LogP contribution < -0.4 is 0 Å². The predicted molar refractivity (Wildman–Crippen MR) is 86.6 cm³/mol. The number of carbonyl (C=O) groups is 1. The Morgan fingerprint density at radius 2 is 1.19 bits per heavy atom. The van der Waals surface area contributed by atoms with Crippen molar-refractivity contribution in [3.8, 4) is 5.75 Å². The lowest BCUT2D eigenvalue weighted by Crippen LogP contribution is -2.28. The fraction of sp³-hybridized carbons (Fsp3) is 0.632. The van der Waals surface area contributed by atoms with Gasteiger partial charge in [-0.2, -0.15) is 0 Å². The van der Waals surface area contributed by atoms with E-state index >= 15 is 0 Å². The molecule has 1 aliphatic carbocycles. The van der Waals surface area contributed by atoms with Crippen LogP contribution in [0.4, 0.5) is 0 Å². The molecule has 1 fully saturated rings. The molecule has 0 bridgehead atoms. The fourth-order valence-corrected chi connectivity index (χ4v) is 3.51. The van der Waals surface area contributed by atoms with E-state index in [1.54, 1.807) is 12.1 Å². The Hall–Kier alpha value is -1.31. The zero-order valence-corrected chi connectivity index (χ0v) is 13.0. The molecule has 0 aliphatic heterocycles. The SMILES string of the molecule is O=CC1(c2ccc(O)cc2)CCCCCCCCCCC1. The summed E-state index contributed by atoms with van der Waals surface area (Å²) in [7, 11) is 0. The minimum atomic E-state index is -0.340. The number of carbonyl (C=O) groups excluding carboxylic acids is 1. The Labute approximate surface area is 128 Å². The maximum atomic E-state index is 11.9. The molecule has 0 unspecified atom stereocenters. The molecule has 0 atom stereocenters. The molecule has 2 heteroatoms. The van der Waals surface area contributed by atoms with Gasteiger partial charge in [0.2, 0.25) is 0 Å². The molecular formula is C19H28O2. The molecule has 116 valence electrons. The molecule has 0 aromatic heterocycles. The lowest BCUT2D eigenvalue weighted by Gasteiger charge is -2.29. The highest BCUT2D eigenvalue weighted by Crippen LogP contribution is 2.35. The van der Waals surface area contributed by atoms with Crippen molar-refractivity contribution < 1.29 is 9.90 Å². The molecule has 0 radical (unpaired) electrons. The topological polar surface area (TPSA) is 37.3 Å². The summed E-state index contributed by atoms with van der Waals surface area (Å²) in [6, 6.07) is 7.26. The Balaban J connectivity index is 2.14. The minimum absolute atomic E-state index is 0.271. The molecule has 2 rings (SSSR count). The summed E-state index contributed by atoms with van der Waals surface area (Å²) in [6.07, 6.45) is 14.4. The maximum Gasteiger partial charge on any atom is 0.130 e. The molecule has 1 aromatic rings. The number of phenols is 1. The molecule has 1 N–H and O–H groups in total. The summed E-state index contributed by atoms with van der Waals surface area (Å²) in [4.78, 5) is 11.9. The first-order valence-electron chi connectivity index (χ1n) is 8.53. The number of aldehydes is 1. The molecule has 1 aliphatic rings. The first-order chi connectivity index (χ1) is 10.3. The number of phenolic OH excluding ortho intramolecular Hbond substituents is 1. The van der Waals surface area contributed by atoms with Crippen LogP contribution in [0.3, 0.4) is 0 Å². The van der Waals surface area contributed by atoms with Gasteiger partial charge < -0.3 is 9.90 Å². The van der Waals surface area contributed by atoms with Gasteiger partial charge in [0, 0.05) is 0 Å². The van der Waals surface area contributed by atoms with Crippen molar-refractivity contribution in [2.45, 2.75) is 76.0 Å². The van der Waals surface area contributed by atoms with Gasteiger partial charge in [-0.15, -0.1) is 0 Å². The van der Waals surface area contributed by atoms with E-state index in [0.717, 1.165) is 31.2 Å². The van der Waals surface area contributed by atoms with E-state index < -0.39 is 0 Å². The third-order valence-electron chi connectivity index (χ3n) is 4.91. The van der Waals surface area contributed by atoms with Crippen LogP contribution in [0, 0.1) is 0 Å². The van der Waals surface area contributed by atoms with Crippen LogP contribution in [-0.4, -0.2) is 11.4 Å². The average Bonchev–Trinajstić information content (AvgIpc) is 2.49. The summed E-state index contributed by atoms with van der Waals surface area (Å²) >= 11 is 0. The first-order valence-corrected chi connectivity index (χ1v) is 8.53. The molecule has 1 aromatic carbocycles. The van der Waals surface area contributed by atoms with Gasteiger partial charge in [0.25, 0.3) is 0 Å². The Morgan fingerprint density at radius 3 is 1.62 bits per heavy atom. The minimum Gasteiger partial charge on any atom is -0.508 e. The highest BCUT2D eigenvalue weighted by atomic mass is 16.3. The standard InChI is InChI=1S/C19H28O2/c20-16-19(17-10-12-18(21)13-11-17)14-8-6-4-2-1-3-5-7-9-15-19/h10-13,16,21H,1-9,14-15H2. The zero-order valence-electron chi connectivity index (χ0n) is 13.0. The van der Waals surface area contributed by atoms with Crippen LogP contribution in [0.15, 0.2) is 24.3 Å². The van der Waals surface area contributed by atoms with Gasteiger partial charge in [0.15, 0.2) is 0 Å². The Bertz CT molecular complexity index is 410. The molecule has 0 amide bonds. The van der Waals surface area contributed by atoms with Crippen molar-refractivity contribution in [2.75, 3.05) is 0 Å². The van der Waals surface area contributed by atoms with Gasteiger partial charge >= 0.3 is 0 Å². The van der Waals surface area contributed by atoms with Gasteiger partial charge in [-0.05, 0) is 30.5 Å². The van der Waals surface area contributed by atoms with E-state index in [1.807, 2.05) is 12.1 Å². The Morgan fingerprint density at radius 1 is 0.762 bits per heavy atom. The molecule has 0 spiro atoms. The molecule has 0 heterocycles. The molecular weight excluding hydrogens is 260 g/mol. The van der Waals surface area contributed by atoms with Gasteiger partial charge in [0.1, 0.15) is 12.0 Å². The normalized spacial score (nSPS) is 21.0. The van der Waals surface area contributed by atoms with Crippen molar-refractivity contribution in [2.24, 2.45) is 0 Å².